The summed E-state index contributed by atoms with van der Waals surface area (Å²) in [5.74, 6) is 0.714. The number of aromatic nitrogens is 2. The van der Waals surface area contributed by atoms with Gasteiger partial charge in [-0.25, -0.2) is 13.1 Å². The summed E-state index contributed by atoms with van der Waals surface area (Å²) in [6.45, 7) is 2.01. The highest BCUT2D eigenvalue weighted by molar-refractivity contribution is 7.88. The molecule has 1 atom stereocenters. The molecule has 1 aromatic heterocycles. The van der Waals surface area contributed by atoms with Gasteiger partial charge in [-0.3, -0.25) is 0 Å². The third-order valence-electron chi connectivity index (χ3n) is 6.06. The van der Waals surface area contributed by atoms with Crippen molar-refractivity contribution in [2.24, 2.45) is 5.10 Å². The number of hydrazone groups is 1. The van der Waals surface area contributed by atoms with Gasteiger partial charge in [0.15, 0.2) is 0 Å². The minimum Gasteiger partial charge on any atom is -0.497 e. The fourth-order valence-electron chi connectivity index (χ4n) is 4.28. The van der Waals surface area contributed by atoms with Crippen LogP contribution in [0.15, 0.2) is 90.2 Å². The molecular weight excluding hydrogens is 460 g/mol. The van der Waals surface area contributed by atoms with Crippen molar-refractivity contribution in [3.05, 3.63) is 102 Å². The highest BCUT2D eigenvalue weighted by atomic mass is 32.2. The maximum atomic E-state index is 12.7. The van der Waals surface area contributed by atoms with Gasteiger partial charge in [0.05, 0.1) is 30.8 Å². The summed E-state index contributed by atoms with van der Waals surface area (Å²) in [7, 11) is -1.96. The molecule has 2 heterocycles. The molecule has 1 aliphatic heterocycles. The van der Waals surface area contributed by atoms with Crippen molar-refractivity contribution in [1.29, 1.82) is 0 Å². The van der Waals surface area contributed by atoms with E-state index in [4.69, 9.17) is 9.84 Å². The number of aryl methyl sites for hydroxylation is 1. The Morgan fingerprint density at radius 2 is 1.71 bits per heavy atom. The Kier molecular flexibility index (Phi) is 5.90. The lowest BCUT2D eigenvalue weighted by Crippen LogP contribution is -2.25. The summed E-state index contributed by atoms with van der Waals surface area (Å²) < 4.78 is 33.9. The van der Waals surface area contributed by atoms with E-state index in [0.29, 0.717) is 23.6 Å². The highest BCUT2D eigenvalue weighted by Crippen LogP contribution is 2.37. The summed E-state index contributed by atoms with van der Waals surface area (Å²) in [5.41, 5.74) is 5.94. The molecule has 7 nitrogen and oxygen atoms in total. The first-order chi connectivity index (χ1) is 16.8. The van der Waals surface area contributed by atoms with E-state index in [0.717, 1.165) is 27.9 Å². The first-order valence-electron chi connectivity index (χ1n) is 11.3. The predicted molar refractivity (Wildman–Crippen MR) is 137 cm³/mol. The molecule has 0 saturated heterocycles. The fourth-order valence-corrected chi connectivity index (χ4v) is 5.18. The zero-order valence-electron chi connectivity index (χ0n) is 19.8. The van der Waals surface area contributed by atoms with Crippen LogP contribution in [0.2, 0.25) is 0 Å². The van der Waals surface area contributed by atoms with Gasteiger partial charge in [0.25, 0.3) is 0 Å². The molecule has 0 unspecified atom stereocenters. The number of hydrogen-bond acceptors (Lipinski definition) is 5. The minimum absolute atomic E-state index is 0.418. The second-order valence-corrected chi connectivity index (χ2v) is 10.5. The van der Waals surface area contributed by atoms with Crippen molar-refractivity contribution in [1.82, 2.24) is 14.2 Å². The van der Waals surface area contributed by atoms with E-state index in [1.807, 2.05) is 92.0 Å². The molecule has 5 rings (SSSR count). The highest BCUT2D eigenvalue weighted by Gasteiger charge is 2.36. The van der Waals surface area contributed by atoms with E-state index < -0.39 is 16.1 Å². The van der Waals surface area contributed by atoms with E-state index >= 15 is 0 Å². The molecule has 0 bridgehead atoms. The molecular formula is C27H26N4O3S. The molecule has 8 heteroatoms. The smallest absolute Gasteiger partial charge is 0.247 e. The van der Waals surface area contributed by atoms with Gasteiger partial charge in [0, 0.05) is 23.7 Å². The predicted octanol–water partition coefficient (Wildman–Crippen LogP) is 4.97. The topological polar surface area (TPSA) is 76.8 Å². The number of ether oxygens (including phenoxy) is 1. The average molecular weight is 487 g/mol. The molecule has 3 aromatic carbocycles. The Morgan fingerprint density at radius 1 is 0.971 bits per heavy atom. The van der Waals surface area contributed by atoms with Gasteiger partial charge in [0.1, 0.15) is 11.4 Å². The summed E-state index contributed by atoms with van der Waals surface area (Å²) in [6.07, 6.45) is 3.55. The van der Waals surface area contributed by atoms with Gasteiger partial charge in [-0.1, -0.05) is 60.2 Å². The van der Waals surface area contributed by atoms with Crippen molar-refractivity contribution in [2.45, 2.75) is 19.4 Å². The molecule has 4 aromatic rings. The Balaban J connectivity index is 1.64. The largest absolute Gasteiger partial charge is 0.497 e. The molecule has 178 valence electrons. The van der Waals surface area contributed by atoms with Crippen molar-refractivity contribution in [3.63, 3.8) is 0 Å². The van der Waals surface area contributed by atoms with E-state index in [2.05, 4.69) is 5.10 Å². The van der Waals surface area contributed by atoms with Gasteiger partial charge < -0.3 is 4.74 Å². The minimum atomic E-state index is -3.59. The quantitative estimate of drug-likeness (QED) is 0.386. The Morgan fingerprint density at radius 3 is 2.40 bits per heavy atom. The van der Waals surface area contributed by atoms with Gasteiger partial charge in [-0.15, -0.1) is 0 Å². The third-order valence-corrected chi connectivity index (χ3v) is 7.08. The molecule has 0 radical (unpaired) electrons. The number of sulfonamides is 1. The van der Waals surface area contributed by atoms with Crippen molar-refractivity contribution in [3.8, 4) is 22.7 Å². The average Bonchev–Trinajstić information content (AvgIpc) is 3.50. The monoisotopic (exact) mass is 486 g/mol. The Hall–Kier alpha value is -3.91. The molecule has 35 heavy (non-hydrogen) atoms. The van der Waals surface area contributed by atoms with Gasteiger partial charge >= 0.3 is 0 Å². The zero-order valence-corrected chi connectivity index (χ0v) is 20.6. The second-order valence-electron chi connectivity index (χ2n) is 8.62. The van der Waals surface area contributed by atoms with Crippen LogP contribution in [0.25, 0.3) is 16.9 Å². The van der Waals surface area contributed by atoms with Crippen LogP contribution < -0.4 is 4.74 Å². The number of hydrogen-bond donors (Lipinski definition) is 0. The summed E-state index contributed by atoms with van der Waals surface area (Å²) >= 11 is 0. The zero-order chi connectivity index (χ0) is 24.6. The number of para-hydroxylation sites is 1. The van der Waals surface area contributed by atoms with E-state index in [1.54, 1.807) is 11.8 Å². The van der Waals surface area contributed by atoms with E-state index in [-0.39, 0.29) is 0 Å². The molecule has 0 N–H and O–H groups in total. The second kappa shape index (κ2) is 9.03. The SMILES string of the molecule is COc1cccc(-c2nn(-c3ccccc3)cc2C2=NN(S(C)(=O)=O)[C@H](c3ccc(C)cc3)C2)c1. The number of benzene rings is 3. The Labute approximate surface area is 205 Å². The van der Waals surface area contributed by atoms with Crippen LogP contribution in [0.5, 0.6) is 5.75 Å². The molecule has 0 aliphatic carbocycles. The lowest BCUT2D eigenvalue weighted by Gasteiger charge is -2.21. The maximum Gasteiger partial charge on any atom is 0.247 e. The first-order valence-corrected chi connectivity index (χ1v) is 13.1. The third kappa shape index (κ3) is 4.57. The molecule has 0 amide bonds. The van der Waals surface area contributed by atoms with Crippen molar-refractivity contribution < 1.29 is 13.2 Å². The standard InChI is InChI=1S/C27H26N4O3S/c1-19-12-14-20(15-13-19)26-17-25(28-31(26)35(3,32)33)24-18-30(22-9-5-4-6-10-22)29-27(24)21-8-7-11-23(16-21)34-2/h4-16,18,26H,17H2,1-3H3/t26-/m0/s1. The van der Waals surface area contributed by atoms with Crippen molar-refractivity contribution >= 4 is 15.7 Å². The normalized spacial score (nSPS) is 15.8. The first kappa shape index (κ1) is 22.9. The lowest BCUT2D eigenvalue weighted by atomic mass is 9.97. The molecule has 0 spiro atoms. The van der Waals surface area contributed by atoms with Crippen LogP contribution in [0, 0.1) is 6.92 Å². The summed E-state index contributed by atoms with van der Waals surface area (Å²) in [6, 6.07) is 25.0. The van der Waals surface area contributed by atoms with Crippen LogP contribution >= 0.6 is 0 Å². The lowest BCUT2D eigenvalue weighted by molar-refractivity contribution is 0.375. The number of rotatable bonds is 6. The fraction of sp³-hybridized carbons (Fsp3) is 0.185. The Bertz CT molecular complexity index is 1490. The molecule has 0 fully saturated rings. The van der Waals surface area contributed by atoms with Gasteiger partial charge in [-0.2, -0.15) is 14.6 Å². The van der Waals surface area contributed by atoms with Crippen LogP contribution in [-0.4, -0.2) is 41.7 Å². The number of nitrogens with zero attached hydrogens (tertiary/aromatic N) is 4. The van der Waals surface area contributed by atoms with Crippen LogP contribution in [0.4, 0.5) is 0 Å². The van der Waals surface area contributed by atoms with Crippen LogP contribution in [0.1, 0.15) is 29.2 Å². The van der Waals surface area contributed by atoms with E-state index in [1.165, 1.54) is 10.7 Å². The molecule has 1 aliphatic rings. The molecule has 0 saturated carbocycles. The summed E-state index contributed by atoms with van der Waals surface area (Å²) in [5, 5.41) is 9.50. The summed E-state index contributed by atoms with van der Waals surface area (Å²) in [4.78, 5) is 0. The van der Waals surface area contributed by atoms with E-state index in [9.17, 15) is 8.42 Å². The maximum absolute atomic E-state index is 12.7. The van der Waals surface area contributed by atoms with Gasteiger partial charge in [0.2, 0.25) is 10.0 Å². The van der Waals surface area contributed by atoms with Crippen LogP contribution in [-0.2, 0) is 10.0 Å². The van der Waals surface area contributed by atoms with Gasteiger partial charge in [-0.05, 0) is 36.8 Å². The van der Waals surface area contributed by atoms with Crippen LogP contribution in [0.3, 0.4) is 0 Å². The van der Waals surface area contributed by atoms with Crippen molar-refractivity contribution in [2.75, 3.05) is 13.4 Å². The number of methoxy groups -OCH3 is 1.